The largest absolute Gasteiger partial charge is 0.379 e. The monoisotopic (exact) mass is 387 g/mol. The maximum absolute atomic E-state index is 12.6. The average molecular weight is 388 g/mol. The van der Waals surface area contributed by atoms with Crippen molar-refractivity contribution in [3.63, 3.8) is 0 Å². The minimum absolute atomic E-state index is 0.209. The first-order chi connectivity index (χ1) is 11.5. The van der Waals surface area contributed by atoms with E-state index in [-0.39, 0.29) is 4.90 Å². The fourth-order valence-corrected chi connectivity index (χ4v) is 4.93. The second-order valence-corrected chi connectivity index (χ2v) is 9.17. The minimum atomic E-state index is -3.50. The Hall–Kier alpha value is -1.19. The molecule has 0 saturated carbocycles. The minimum Gasteiger partial charge on any atom is -0.379 e. The second-order valence-electron chi connectivity index (χ2n) is 5.43. The molecule has 6 nitrogen and oxygen atoms in total. The van der Waals surface area contributed by atoms with E-state index in [0.29, 0.717) is 38.7 Å². The number of sulfonamides is 1. The number of hydrogen-bond donors (Lipinski definition) is 0. The molecule has 0 bridgehead atoms. The Bertz CT molecular complexity index is 787. The fraction of sp³-hybridized carbons (Fsp3) is 0.400. The molecule has 1 aliphatic rings. The molecule has 1 aliphatic heterocycles. The number of thiophene rings is 1. The summed E-state index contributed by atoms with van der Waals surface area (Å²) in [5.74, 6) is 0.709. The zero-order valence-corrected chi connectivity index (χ0v) is 15.6. The van der Waals surface area contributed by atoms with E-state index < -0.39 is 10.0 Å². The zero-order chi connectivity index (χ0) is 17.2. The molecule has 1 saturated heterocycles. The quantitative estimate of drug-likeness (QED) is 0.788. The fourth-order valence-electron chi connectivity index (χ4n) is 2.44. The molecule has 3 rings (SSSR count). The molecule has 0 aliphatic carbocycles. The molecule has 1 fully saturated rings. The molecule has 2 aromatic rings. The Labute approximate surface area is 150 Å². The molecular formula is C15H18ClN3O3S2. The van der Waals surface area contributed by atoms with Gasteiger partial charge in [0.05, 0.1) is 24.1 Å². The lowest BCUT2D eigenvalue weighted by molar-refractivity contribution is 0.0730. The first-order valence-corrected chi connectivity index (χ1v) is 10.1. The maximum Gasteiger partial charge on any atom is 0.244 e. The zero-order valence-electron chi connectivity index (χ0n) is 13.2. The number of morpholine rings is 1. The highest BCUT2D eigenvalue weighted by molar-refractivity contribution is 7.89. The number of pyridine rings is 1. The van der Waals surface area contributed by atoms with Gasteiger partial charge in [0.25, 0.3) is 0 Å². The van der Waals surface area contributed by atoms with Crippen LogP contribution in [-0.2, 0) is 21.3 Å². The summed E-state index contributed by atoms with van der Waals surface area (Å²) >= 11 is 7.46. The molecule has 0 unspecified atom stereocenters. The van der Waals surface area contributed by atoms with Gasteiger partial charge >= 0.3 is 0 Å². The first-order valence-electron chi connectivity index (χ1n) is 7.46. The van der Waals surface area contributed by atoms with Crippen LogP contribution in [0, 0.1) is 0 Å². The van der Waals surface area contributed by atoms with Gasteiger partial charge in [-0.05, 0) is 24.3 Å². The van der Waals surface area contributed by atoms with Crippen molar-refractivity contribution in [3.8, 4) is 0 Å². The van der Waals surface area contributed by atoms with Crippen LogP contribution in [0.15, 0.2) is 35.4 Å². The van der Waals surface area contributed by atoms with Crippen LogP contribution in [0.25, 0.3) is 0 Å². The third kappa shape index (κ3) is 3.89. The lowest BCUT2D eigenvalue weighted by Crippen LogP contribution is -2.40. The van der Waals surface area contributed by atoms with Crippen molar-refractivity contribution >= 4 is 38.8 Å². The smallest absolute Gasteiger partial charge is 0.244 e. The van der Waals surface area contributed by atoms with Crippen LogP contribution < -0.4 is 4.90 Å². The van der Waals surface area contributed by atoms with Crippen molar-refractivity contribution < 1.29 is 13.2 Å². The third-order valence-electron chi connectivity index (χ3n) is 3.74. The second kappa shape index (κ2) is 7.37. The Morgan fingerprint density at radius 1 is 1.29 bits per heavy atom. The topological polar surface area (TPSA) is 62.7 Å². The molecular weight excluding hydrogens is 370 g/mol. The van der Waals surface area contributed by atoms with E-state index in [1.54, 1.807) is 12.1 Å². The van der Waals surface area contributed by atoms with E-state index in [1.165, 1.54) is 21.8 Å². The predicted octanol–water partition coefficient (Wildman–Crippen LogP) is 2.45. The lowest BCUT2D eigenvalue weighted by atomic mass is 10.4. The van der Waals surface area contributed by atoms with Crippen LogP contribution in [0.3, 0.4) is 0 Å². The summed E-state index contributed by atoms with van der Waals surface area (Å²) in [6, 6.07) is 7.16. The maximum atomic E-state index is 12.6. The van der Waals surface area contributed by atoms with E-state index in [2.05, 4.69) is 4.98 Å². The molecule has 0 amide bonds. The van der Waals surface area contributed by atoms with Crippen molar-refractivity contribution in [3.05, 3.63) is 39.7 Å². The number of rotatable bonds is 5. The highest BCUT2D eigenvalue weighted by Gasteiger charge is 2.26. The Balaban J connectivity index is 1.72. The number of ether oxygens (including phenoxy) is 1. The molecule has 3 heterocycles. The molecule has 0 atom stereocenters. The Morgan fingerprint density at radius 2 is 2.04 bits per heavy atom. The van der Waals surface area contributed by atoms with E-state index >= 15 is 0 Å². The number of nitrogens with zero attached hydrogens (tertiary/aromatic N) is 3. The summed E-state index contributed by atoms with van der Waals surface area (Å²) in [5, 5.41) is 0. The first kappa shape index (κ1) is 17.6. The van der Waals surface area contributed by atoms with Crippen LogP contribution >= 0.6 is 22.9 Å². The van der Waals surface area contributed by atoms with E-state index in [1.807, 2.05) is 24.1 Å². The molecule has 2 aromatic heterocycles. The number of aromatic nitrogens is 1. The van der Waals surface area contributed by atoms with Crippen molar-refractivity contribution in [2.75, 3.05) is 38.3 Å². The molecule has 24 heavy (non-hydrogen) atoms. The van der Waals surface area contributed by atoms with Gasteiger partial charge in [-0.1, -0.05) is 11.6 Å². The predicted molar refractivity (Wildman–Crippen MR) is 95.3 cm³/mol. The van der Waals surface area contributed by atoms with Crippen LogP contribution in [0.5, 0.6) is 0 Å². The molecule has 0 spiro atoms. The van der Waals surface area contributed by atoms with Gasteiger partial charge in [-0.15, -0.1) is 11.3 Å². The molecule has 0 N–H and O–H groups in total. The van der Waals surface area contributed by atoms with Crippen molar-refractivity contribution in [1.82, 2.24) is 9.29 Å². The van der Waals surface area contributed by atoms with Crippen LogP contribution in [-0.4, -0.2) is 51.1 Å². The van der Waals surface area contributed by atoms with Crippen molar-refractivity contribution in [2.45, 2.75) is 11.4 Å². The van der Waals surface area contributed by atoms with Gasteiger partial charge in [-0.25, -0.2) is 13.4 Å². The average Bonchev–Trinajstić information content (AvgIpc) is 3.00. The summed E-state index contributed by atoms with van der Waals surface area (Å²) < 4.78 is 32.5. The molecule has 9 heteroatoms. The molecule has 130 valence electrons. The SMILES string of the molecule is CN(Cc1ccc(Cl)s1)c1ccc(S(=O)(=O)N2CCOCC2)cn1. The highest BCUT2D eigenvalue weighted by Crippen LogP contribution is 2.24. The molecule has 0 radical (unpaired) electrons. The van der Waals surface area contributed by atoms with Crippen molar-refractivity contribution in [2.24, 2.45) is 0 Å². The van der Waals surface area contributed by atoms with Gasteiger partial charge in [0.1, 0.15) is 10.7 Å². The number of anilines is 1. The summed E-state index contributed by atoms with van der Waals surface area (Å²) in [6.45, 7) is 2.28. The summed E-state index contributed by atoms with van der Waals surface area (Å²) in [5.41, 5.74) is 0. The number of hydrogen-bond acceptors (Lipinski definition) is 6. The normalized spacial score (nSPS) is 16.2. The highest BCUT2D eigenvalue weighted by atomic mass is 35.5. The van der Waals surface area contributed by atoms with Crippen LogP contribution in [0.2, 0.25) is 4.34 Å². The van der Waals surface area contributed by atoms with E-state index in [0.717, 1.165) is 9.21 Å². The van der Waals surface area contributed by atoms with Crippen molar-refractivity contribution in [1.29, 1.82) is 0 Å². The molecule has 0 aromatic carbocycles. The van der Waals surface area contributed by atoms with Crippen LogP contribution in [0.4, 0.5) is 5.82 Å². The summed E-state index contributed by atoms with van der Waals surface area (Å²) in [6.07, 6.45) is 1.41. The van der Waals surface area contributed by atoms with Gasteiger partial charge in [0, 0.05) is 31.2 Å². The van der Waals surface area contributed by atoms with Gasteiger partial charge in [-0.3, -0.25) is 0 Å². The standard InChI is InChI=1S/C15H18ClN3O3S2/c1-18(11-12-2-4-14(16)23-12)15-5-3-13(10-17-15)24(20,21)19-6-8-22-9-7-19/h2-5,10H,6-9,11H2,1H3. The van der Waals surface area contributed by atoms with Crippen LogP contribution in [0.1, 0.15) is 4.88 Å². The number of halogens is 1. The summed E-state index contributed by atoms with van der Waals surface area (Å²) in [4.78, 5) is 7.58. The van der Waals surface area contributed by atoms with Gasteiger partial charge in [0.2, 0.25) is 10.0 Å². The summed E-state index contributed by atoms with van der Waals surface area (Å²) in [7, 11) is -1.59. The lowest BCUT2D eigenvalue weighted by Gasteiger charge is -2.26. The van der Waals surface area contributed by atoms with Gasteiger partial charge in [0.15, 0.2) is 0 Å². The Kier molecular flexibility index (Phi) is 5.41. The van der Waals surface area contributed by atoms with E-state index in [4.69, 9.17) is 16.3 Å². The van der Waals surface area contributed by atoms with Gasteiger partial charge < -0.3 is 9.64 Å². The third-order valence-corrected chi connectivity index (χ3v) is 6.84. The Morgan fingerprint density at radius 3 is 2.62 bits per heavy atom. The van der Waals surface area contributed by atoms with Gasteiger partial charge in [-0.2, -0.15) is 4.31 Å². The van der Waals surface area contributed by atoms with E-state index in [9.17, 15) is 8.42 Å².